The molecule has 1 atom stereocenters. The molecular formula is C38H28N6. The zero-order chi connectivity index (χ0) is 29.5. The highest BCUT2D eigenvalue weighted by atomic mass is 15.3. The van der Waals surface area contributed by atoms with Gasteiger partial charge in [-0.3, -0.25) is 14.5 Å². The summed E-state index contributed by atoms with van der Waals surface area (Å²) >= 11 is 0. The molecule has 7 aromatic rings. The Kier molecular flexibility index (Phi) is 6.23. The highest BCUT2D eigenvalue weighted by Crippen LogP contribution is 2.48. The topological polar surface area (TPSA) is 72.3 Å². The van der Waals surface area contributed by atoms with Crippen molar-refractivity contribution in [3.8, 4) is 28.2 Å². The molecule has 0 saturated heterocycles. The van der Waals surface area contributed by atoms with Gasteiger partial charge in [-0.15, -0.1) is 0 Å². The number of fused-ring (bicyclic) bond motifs is 2. The van der Waals surface area contributed by atoms with Gasteiger partial charge in [-0.25, -0.2) is 4.98 Å². The fraction of sp³-hybridized carbons (Fsp3) is 0.0263. The normalized spacial score (nSPS) is 14.1. The molecule has 1 aliphatic rings. The summed E-state index contributed by atoms with van der Waals surface area (Å²) in [6, 6.07) is 47.1. The Morgan fingerprint density at radius 3 is 1.95 bits per heavy atom. The Bertz CT molecular complexity index is 2080. The third-order valence-electron chi connectivity index (χ3n) is 8.10. The van der Waals surface area contributed by atoms with Crippen LogP contribution in [0.2, 0.25) is 0 Å². The summed E-state index contributed by atoms with van der Waals surface area (Å²) in [5, 5.41) is 0.999. The van der Waals surface area contributed by atoms with Gasteiger partial charge in [0, 0.05) is 40.3 Å². The number of pyridine rings is 2. The smallest absolute Gasteiger partial charge is 0.135 e. The van der Waals surface area contributed by atoms with E-state index in [0.29, 0.717) is 5.82 Å². The van der Waals surface area contributed by atoms with E-state index in [1.807, 2.05) is 85.2 Å². The Morgan fingerprint density at radius 2 is 1.27 bits per heavy atom. The molecule has 3 aromatic heterocycles. The summed E-state index contributed by atoms with van der Waals surface area (Å²) in [6.45, 7) is 0. The fourth-order valence-corrected chi connectivity index (χ4v) is 6.03. The van der Waals surface area contributed by atoms with Crippen LogP contribution in [0.1, 0.15) is 11.7 Å². The molecule has 0 spiro atoms. The number of hydrogen-bond donors (Lipinski definition) is 1. The number of nitrogen functional groups attached to an aromatic ring is 1. The number of rotatable bonds is 6. The van der Waals surface area contributed by atoms with Gasteiger partial charge in [0.25, 0.3) is 0 Å². The van der Waals surface area contributed by atoms with Crippen molar-refractivity contribution in [2.75, 3.05) is 10.6 Å². The molecule has 2 N–H and O–H groups in total. The van der Waals surface area contributed by atoms with E-state index in [0.717, 1.165) is 61.9 Å². The van der Waals surface area contributed by atoms with Crippen LogP contribution >= 0.6 is 0 Å². The molecule has 1 unspecified atom stereocenters. The molecular weight excluding hydrogens is 540 g/mol. The highest BCUT2D eigenvalue weighted by Gasteiger charge is 2.36. The quantitative estimate of drug-likeness (QED) is 0.203. The van der Waals surface area contributed by atoms with Crippen LogP contribution in [-0.2, 0) is 0 Å². The zero-order valence-corrected chi connectivity index (χ0v) is 23.8. The summed E-state index contributed by atoms with van der Waals surface area (Å²) in [5.74, 6) is 0.599. The van der Waals surface area contributed by atoms with E-state index in [9.17, 15) is 0 Å². The molecule has 6 heteroatoms. The summed E-state index contributed by atoms with van der Waals surface area (Å²) in [7, 11) is 0. The van der Waals surface area contributed by atoms with E-state index in [1.54, 1.807) is 0 Å². The minimum absolute atomic E-state index is 0.181. The summed E-state index contributed by atoms with van der Waals surface area (Å²) < 4.78 is 2.06. The van der Waals surface area contributed by atoms with E-state index in [1.165, 1.54) is 0 Å². The van der Waals surface area contributed by atoms with Gasteiger partial charge in [0.15, 0.2) is 0 Å². The number of para-hydroxylation sites is 2. The van der Waals surface area contributed by atoms with Crippen molar-refractivity contribution in [3.05, 3.63) is 151 Å². The maximum atomic E-state index is 6.81. The van der Waals surface area contributed by atoms with Gasteiger partial charge in [-0.2, -0.15) is 0 Å². The Morgan fingerprint density at radius 1 is 0.659 bits per heavy atom. The van der Waals surface area contributed by atoms with Crippen LogP contribution < -0.4 is 10.6 Å². The van der Waals surface area contributed by atoms with E-state index in [-0.39, 0.29) is 6.04 Å². The predicted molar refractivity (Wildman–Crippen MR) is 180 cm³/mol. The summed E-state index contributed by atoms with van der Waals surface area (Å²) in [5.41, 5.74) is 16.6. The van der Waals surface area contributed by atoms with Crippen molar-refractivity contribution in [3.63, 3.8) is 0 Å². The predicted octanol–water partition coefficient (Wildman–Crippen LogP) is 8.93. The van der Waals surface area contributed by atoms with Crippen molar-refractivity contribution >= 4 is 40.0 Å². The number of nitrogens with zero attached hydrogens (tertiary/aromatic N) is 5. The number of aliphatic imine (C=N–C) groups is 1. The monoisotopic (exact) mass is 568 g/mol. The minimum Gasteiger partial charge on any atom is -0.383 e. The highest BCUT2D eigenvalue weighted by molar-refractivity contribution is 6.02. The van der Waals surface area contributed by atoms with E-state index < -0.39 is 0 Å². The second-order valence-electron chi connectivity index (χ2n) is 10.8. The Balaban J connectivity index is 1.25. The van der Waals surface area contributed by atoms with Crippen molar-refractivity contribution in [1.29, 1.82) is 0 Å². The number of nitrogens with two attached hydrogens (primary N) is 1. The van der Waals surface area contributed by atoms with Gasteiger partial charge in [0.1, 0.15) is 17.5 Å². The lowest BCUT2D eigenvalue weighted by Crippen LogP contribution is -2.36. The van der Waals surface area contributed by atoms with Gasteiger partial charge < -0.3 is 10.6 Å². The van der Waals surface area contributed by atoms with Gasteiger partial charge in [0.2, 0.25) is 0 Å². The average molecular weight is 569 g/mol. The second-order valence-corrected chi connectivity index (χ2v) is 10.8. The maximum Gasteiger partial charge on any atom is 0.135 e. The SMILES string of the molecule is Nc1c(N=CC2c3ncccc3N2c2cc(-c3ccccc3)nc(-c3ccccc3)c2)c2ccccc2n1-c1ccccc1. The van der Waals surface area contributed by atoms with Crippen molar-refractivity contribution in [1.82, 2.24) is 14.5 Å². The lowest BCUT2D eigenvalue weighted by Gasteiger charge is -2.41. The molecule has 0 amide bonds. The molecule has 1 aliphatic heterocycles. The first kappa shape index (κ1) is 25.7. The second kappa shape index (κ2) is 10.7. The maximum absolute atomic E-state index is 6.81. The minimum atomic E-state index is -0.181. The third-order valence-corrected chi connectivity index (χ3v) is 8.10. The first-order valence-electron chi connectivity index (χ1n) is 14.6. The number of hydrogen-bond acceptors (Lipinski definition) is 5. The van der Waals surface area contributed by atoms with E-state index in [2.05, 4.69) is 76.2 Å². The van der Waals surface area contributed by atoms with Crippen LogP contribution in [0, 0.1) is 0 Å². The van der Waals surface area contributed by atoms with Crippen molar-refractivity contribution in [2.45, 2.75) is 6.04 Å². The molecule has 0 radical (unpaired) electrons. The molecule has 44 heavy (non-hydrogen) atoms. The lowest BCUT2D eigenvalue weighted by molar-refractivity contribution is 0.780. The number of benzene rings is 4. The van der Waals surface area contributed by atoms with Crippen LogP contribution in [0.5, 0.6) is 0 Å². The van der Waals surface area contributed by atoms with Gasteiger partial charge in [-0.1, -0.05) is 97.1 Å². The average Bonchev–Trinajstić information content (AvgIpc) is 3.37. The Labute approximate surface area is 255 Å². The first-order chi connectivity index (χ1) is 21.8. The van der Waals surface area contributed by atoms with Crippen LogP contribution in [0.15, 0.2) is 151 Å². The van der Waals surface area contributed by atoms with Crippen LogP contribution in [0.25, 0.3) is 39.1 Å². The molecule has 4 heterocycles. The Hall–Kier alpha value is -6.01. The van der Waals surface area contributed by atoms with Crippen molar-refractivity contribution in [2.24, 2.45) is 4.99 Å². The molecule has 0 aliphatic carbocycles. The molecule has 210 valence electrons. The third kappa shape index (κ3) is 4.32. The largest absolute Gasteiger partial charge is 0.383 e. The van der Waals surface area contributed by atoms with Crippen LogP contribution in [0.3, 0.4) is 0 Å². The molecule has 6 nitrogen and oxygen atoms in total. The first-order valence-corrected chi connectivity index (χ1v) is 14.6. The molecule has 0 saturated carbocycles. The fourth-order valence-electron chi connectivity index (χ4n) is 6.03. The molecule has 8 rings (SSSR count). The lowest BCUT2D eigenvalue weighted by atomic mass is 9.97. The van der Waals surface area contributed by atoms with Gasteiger partial charge >= 0.3 is 0 Å². The van der Waals surface area contributed by atoms with Crippen molar-refractivity contribution < 1.29 is 0 Å². The van der Waals surface area contributed by atoms with Crippen LogP contribution in [0.4, 0.5) is 22.9 Å². The number of anilines is 3. The molecule has 4 aromatic carbocycles. The van der Waals surface area contributed by atoms with E-state index in [4.69, 9.17) is 20.7 Å². The summed E-state index contributed by atoms with van der Waals surface area (Å²) in [4.78, 5) is 17.2. The van der Waals surface area contributed by atoms with Gasteiger partial charge in [0.05, 0.1) is 28.3 Å². The van der Waals surface area contributed by atoms with Gasteiger partial charge in [-0.05, 0) is 42.5 Å². The van der Waals surface area contributed by atoms with Crippen LogP contribution in [-0.4, -0.2) is 20.7 Å². The molecule has 0 fully saturated rings. The van der Waals surface area contributed by atoms with E-state index >= 15 is 0 Å². The summed E-state index contributed by atoms with van der Waals surface area (Å²) in [6.07, 6.45) is 3.80. The zero-order valence-electron chi connectivity index (χ0n) is 23.8. The number of aromatic nitrogens is 3. The molecule has 0 bridgehead atoms. The standard InChI is InChI=1S/C38H28N6/c39-38-36(30-19-10-11-20-33(30)44(38)28-17-8-3-9-18-28)41-25-35-37-34(21-12-22-40-37)43(35)29-23-31(26-13-4-1-5-14-26)42-32(24-29)27-15-6-2-7-16-27/h1-25,35H,39H2.